The Morgan fingerprint density at radius 3 is 2.79 bits per heavy atom. The zero-order chi connectivity index (χ0) is 19.8. The molecule has 1 aromatic carbocycles. The highest BCUT2D eigenvalue weighted by Crippen LogP contribution is 2.25. The first-order chi connectivity index (χ1) is 13.4. The molecule has 0 atom stereocenters. The van der Waals surface area contributed by atoms with Gasteiger partial charge >= 0.3 is 0 Å². The summed E-state index contributed by atoms with van der Waals surface area (Å²) in [7, 11) is 0. The van der Waals surface area contributed by atoms with Crippen LogP contribution in [0.25, 0.3) is 5.65 Å². The molecule has 0 unspecified atom stereocenters. The maximum Gasteiger partial charge on any atom is 0.271 e. The Balaban J connectivity index is 1.49. The average molecular weight is 377 g/mol. The monoisotopic (exact) mass is 377 g/mol. The van der Waals surface area contributed by atoms with Gasteiger partial charge in [0.25, 0.3) is 5.91 Å². The standard InChI is InChI=1S/C21H23N5O2/c1-12-17(13(2)26-11-23-19(20(22)28)21(26)24-12)8-9-18(27)25-16-7-6-14-4-3-5-15(14)10-16/h6-7,10-11H,3-5,8-9H2,1-2H3,(H2,22,28)(H,25,27). The second-order valence-electron chi connectivity index (χ2n) is 7.30. The number of hydrogen-bond donors (Lipinski definition) is 2. The molecule has 3 aromatic rings. The first kappa shape index (κ1) is 18.2. The predicted molar refractivity (Wildman–Crippen MR) is 106 cm³/mol. The number of nitrogens with two attached hydrogens (primary N) is 1. The topological polar surface area (TPSA) is 102 Å². The molecule has 2 aromatic heterocycles. The van der Waals surface area contributed by atoms with E-state index in [1.54, 1.807) is 10.7 Å². The van der Waals surface area contributed by atoms with Crippen LogP contribution in [-0.4, -0.2) is 26.2 Å². The van der Waals surface area contributed by atoms with E-state index < -0.39 is 5.91 Å². The molecule has 7 heteroatoms. The number of aromatic nitrogens is 3. The minimum absolute atomic E-state index is 0.0275. The molecule has 2 heterocycles. The van der Waals surface area contributed by atoms with Crippen molar-refractivity contribution in [1.82, 2.24) is 14.4 Å². The Hall–Kier alpha value is -3.22. The summed E-state index contributed by atoms with van der Waals surface area (Å²) in [6, 6.07) is 6.17. The average Bonchev–Trinajstić information content (AvgIpc) is 3.27. The van der Waals surface area contributed by atoms with Crippen LogP contribution >= 0.6 is 0 Å². The summed E-state index contributed by atoms with van der Waals surface area (Å²) in [6.45, 7) is 3.81. The third-order valence-electron chi connectivity index (χ3n) is 5.47. The molecular weight excluding hydrogens is 354 g/mol. The number of hydrogen-bond acceptors (Lipinski definition) is 4. The van der Waals surface area contributed by atoms with E-state index in [2.05, 4.69) is 27.4 Å². The van der Waals surface area contributed by atoms with Crippen molar-refractivity contribution >= 4 is 23.1 Å². The van der Waals surface area contributed by atoms with E-state index in [-0.39, 0.29) is 11.6 Å². The van der Waals surface area contributed by atoms with Crippen LogP contribution < -0.4 is 11.1 Å². The van der Waals surface area contributed by atoms with Crippen LogP contribution in [0, 0.1) is 13.8 Å². The van der Waals surface area contributed by atoms with Gasteiger partial charge in [-0.25, -0.2) is 9.97 Å². The third-order valence-corrected chi connectivity index (χ3v) is 5.47. The van der Waals surface area contributed by atoms with Crippen molar-refractivity contribution in [1.29, 1.82) is 0 Å². The first-order valence-electron chi connectivity index (χ1n) is 9.48. The molecule has 3 N–H and O–H groups in total. The van der Waals surface area contributed by atoms with Gasteiger partial charge in [-0.15, -0.1) is 0 Å². The second kappa shape index (κ2) is 7.07. The molecule has 2 amide bonds. The van der Waals surface area contributed by atoms with Crippen LogP contribution in [0.3, 0.4) is 0 Å². The van der Waals surface area contributed by atoms with Crippen molar-refractivity contribution in [3.05, 3.63) is 58.3 Å². The van der Waals surface area contributed by atoms with Crippen molar-refractivity contribution in [3.8, 4) is 0 Å². The molecular formula is C21H23N5O2. The molecule has 0 aliphatic heterocycles. The lowest BCUT2D eigenvalue weighted by atomic mass is 10.1. The lowest BCUT2D eigenvalue weighted by Crippen LogP contribution is -2.15. The van der Waals surface area contributed by atoms with E-state index in [0.29, 0.717) is 18.5 Å². The van der Waals surface area contributed by atoms with E-state index in [0.717, 1.165) is 35.5 Å². The number of nitrogens with zero attached hydrogens (tertiary/aromatic N) is 3. The lowest BCUT2D eigenvalue weighted by molar-refractivity contribution is -0.116. The van der Waals surface area contributed by atoms with Crippen LogP contribution in [0.15, 0.2) is 24.5 Å². The minimum Gasteiger partial charge on any atom is -0.364 e. The van der Waals surface area contributed by atoms with E-state index >= 15 is 0 Å². The van der Waals surface area contributed by atoms with Crippen LogP contribution in [0.4, 0.5) is 5.69 Å². The maximum absolute atomic E-state index is 12.5. The molecule has 7 nitrogen and oxygen atoms in total. The number of anilines is 1. The summed E-state index contributed by atoms with van der Waals surface area (Å²) < 4.78 is 1.75. The summed E-state index contributed by atoms with van der Waals surface area (Å²) in [5.74, 6) is -0.629. The summed E-state index contributed by atoms with van der Waals surface area (Å²) >= 11 is 0. The van der Waals surface area contributed by atoms with E-state index in [1.165, 1.54) is 17.5 Å². The predicted octanol–water partition coefficient (Wildman–Crippen LogP) is 2.51. The summed E-state index contributed by atoms with van der Waals surface area (Å²) in [5, 5.41) is 3.00. The van der Waals surface area contributed by atoms with Gasteiger partial charge in [-0.3, -0.25) is 14.0 Å². The number of amides is 2. The number of aryl methyl sites for hydroxylation is 4. The SMILES string of the molecule is Cc1nc2c(C(N)=O)ncn2c(C)c1CCC(=O)Nc1ccc2c(c1)CCC2. The first-order valence-corrected chi connectivity index (χ1v) is 9.48. The van der Waals surface area contributed by atoms with Crippen LogP contribution in [0.1, 0.15) is 51.4 Å². The maximum atomic E-state index is 12.5. The van der Waals surface area contributed by atoms with Gasteiger partial charge in [0.05, 0.1) is 0 Å². The van der Waals surface area contributed by atoms with Gasteiger partial charge in [0.15, 0.2) is 11.3 Å². The van der Waals surface area contributed by atoms with Crippen molar-refractivity contribution in [2.45, 2.75) is 46.0 Å². The number of carbonyl (C=O) groups excluding carboxylic acids is 2. The number of benzene rings is 1. The molecule has 0 bridgehead atoms. The Kier molecular flexibility index (Phi) is 4.58. The lowest BCUT2D eigenvalue weighted by Gasteiger charge is -2.12. The number of fused-ring (bicyclic) bond motifs is 2. The fourth-order valence-electron chi connectivity index (χ4n) is 3.98. The number of rotatable bonds is 5. The fraction of sp³-hybridized carbons (Fsp3) is 0.333. The van der Waals surface area contributed by atoms with E-state index in [1.807, 2.05) is 19.9 Å². The highest BCUT2D eigenvalue weighted by Gasteiger charge is 2.17. The molecule has 1 aliphatic rings. The largest absolute Gasteiger partial charge is 0.364 e. The van der Waals surface area contributed by atoms with Crippen LogP contribution in [0.5, 0.6) is 0 Å². The van der Waals surface area contributed by atoms with Gasteiger partial charge in [0.1, 0.15) is 6.33 Å². The van der Waals surface area contributed by atoms with Gasteiger partial charge in [-0.05, 0) is 68.4 Å². The molecule has 28 heavy (non-hydrogen) atoms. The highest BCUT2D eigenvalue weighted by atomic mass is 16.2. The smallest absolute Gasteiger partial charge is 0.271 e. The van der Waals surface area contributed by atoms with Gasteiger partial charge in [0.2, 0.25) is 5.91 Å². The second-order valence-corrected chi connectivity index (χ2v) is 7.30. The molecule has 144 valence electrons. The van der Waals surface area contributed by atoms with E-state index in [9.17, 15) is 9.59 Å². The van der Waals surface area contributed by atoms with Gasteiger partial charge in [-0.1, -0.05) is 6.07 Å². The molecule has 0 saturated heterocycles. The van der Waals surface area contributed by atoms with E-state index in [4.69, 9.17) is 5.73 Å². The van der Waals surface area contributed by atoms with Crippen LogP contribution in [-0.2, 0) is 24.1 Å². The molecule has 0 saturated carbocycles. The van der Waals surface area contributed by atoms with Gasteiger partial charge < -0.3 is 11.1 Å². The van der Waals surface area contributed by atoms with Gasteiger partial charge in [-0.2, -0.15) is 0 Å². The molecule has 1 aliphatic carbocycles. The Morgan fingerprint density at radius 2 is 2.00 bits per heavy atom. The van der Waals surface area contributed by atoms with Crippen molar-refractivity contribution < 1.29 is 9.59 Å². The minimum atomic E-state index is -0.602. The van der Waals surface area contributed by atoms with Crippen molar-refractivity contribution in [2.75, 3.05) is 5.32 Å². The summed E-state index contributed by atoms with van der Waals surface area (Å²) in [4.78, 5) is 32.5. The fourth-order valence-corrected chi connectivity index (χ4v) is 3.98. The zero-order valence-electron chi connectivity index (χ0n) is 16.1. The van der Waals surface area contributed by atoms with Crippen molar-refractivity contribution in [3.63, 3.8) is 0 Å². The normalized spacial score (nSPS) is 12.9. The number of carbonyl (C=O) groups is 2. The summed E-state index contributed by atoms with van der Waals surface area (Å²) in [6.07, 6.45) is 5.85. The highest BCUT2D eigenvalue weighted by molar-refractivity contribution is 5.96. The Bertz CT molecular complexity index is 1100. The molecule has 0 fully saturated rings. The van der Waals surface area contributed by atoms with Gasteiger partial charge in [0, 0.05) is 23.5 Å². The Labute approximate surface area is 163 Å². The quantitative estimate of drug-likeness (QED) is 0.713. The number of primary amides is 1. The molecule has 0 spiro atoms. The van der Waals surface area contributed by atoms with Crippen molar-refractivity contribution in [2.24, 2.45) is 5.73 Å². The van der Waals surface area contributed by atoms with Crippen LogP contribution in [0.2, 0.25) is 0 Å². The Morgan fingerprint density at radius 1 is 1.21 bits per heavy atom. The summed E-state index contributed by atoms with van der Waals surface area (Å²) in [5.41, 5.74) is 12.2. The zero-order valence-corrected chi connectivity index (χ0v) is 16.1. The number of imidazole rings is 1. The molecule has 4 rings (SSSR count). The third kappa shape index (κ3) is 3.24. The number of nitrogens with one attached hydrogen (secondary N) is 1. The molecule has 0 radical (unpaired) electrons.